The molecule has 3 aromatic heterocycles. The number of carbonyl (C=O) groups excluding carboxylic acids is 1. The van der Waals surface area contributed by atoms with Crippen LogP contribution in [0.4, 0.5) is 28.7 Å². The molecule has 5 rings (SSSR count). The van der Waals surface area contributed by atoms with Gasteiger partial charge in [0.25, 0.3) is 5.91 Å². The van der Waals surface area contributed by atoms with Gasteiger partial charge in [-0.2, -0.15) is 0 Å². The van der Waals surface area contributed by atoms with Crippen molar-refractivity contribution in [2.24, 2.45) is 0 Å². The second-order valence-electron chi connectivity index (χ2n) is 8.15. The molecule has 0 spiro atoms. The predicted octanol–water partition coefficient (Wildman–Crippen LogP) is 5.88. The van der Waals surface area contributed by atoms with Gasteiger partial charge in [-0.3, -0.25) is 9.78 Å². The second-order valence-corrected chi connectivity index (χ2v) is 8.15. The van der Waals surface area contributed by atoms with E-state index in [0.29, 0.717) is 28.9 Å². The van der Waals surface area contributed by atoms with Gasteiger partial charge < -0.3 is 20.5 Å². The minimum absolute atomic E-state index is 0.182. The Morgan fingerprint density at radius 2 is 1.44 bits per heavy atom. The summed E-state index contributed by atoms with van der Waals surface area (Å²) in [4.78, 5) is 25.6. The molecule has 178 valence electrons. The number of hydrogen-bond donors (Lipinski definition) is 3. The quantitative estimate of drug-likeness (QED) is 0.266. The van der Waals surface area contributed by atoms with E-state index in [2.05, 4.69) is 36.1 Å². The number of aryl methyl sites for hydroxylation is 2. The van der Waals surface area contributed by atoms with Crippen LogP contribution >= 0.6 is 0 Å². The number of aromatic nitrogens is 4. The van der Waals surface area contributed by atoms with Crippen molar-refractivity contribution in [3.05, 3.63) is 102 Å². The Morgan fingerprint density at radius 1 is 0.806 bits per heavy atom. The van der Waals surface area contributed by atoms with E-state index in [4.69, 9.17) is 4.52 Å². The maximum Gasteiger partial charge on any atom is 0.277 e. The molecule has 9 nitrogen and oxygen atoms in total. The summed E-state index contributed by atoms with van der Waals surface area (Å²) in [7, 11) is 0. The lowest BCUT2D eigenvalue weighted by molar-refractivity contribution is 0.101. The Balaban J connectivity index is 1.23. The standard InChI is InChI=1S/C27H23N7O2/c1-17-5-7-20(8-6-17)31-25-15-26(30-18(2)29-25)32-21-9-11-22(12-10-21)33-27(35)23-14-24(36-34-23)19-4-3-13-28-16-19/h3-16H,1-2H3,(H,33,35)(H2,29,30,31,32). The molecule has 3 N–H and O–H groups in total. The summed E-state index contributed by atoms with van der Waals surface area (Å²) < 4.78 is 5.28. The van der Waals surface area contributed by atoms with Crippen LogP contribution in [0.2, 0.25) is 0 Å². The number of amides is 1. The molecule has 36 heavy (non-hydrogen) atoms. The first-order valence-electron chi connectivity index (χ1n) is 11.3. The number of nitrogens with one attached hydrogen (secondary N) is 3. The Labute approximate surface area is 207 Å². The number of hydrogen-bond acceptors (Lipinski definition) is 8. The van der Waals surface area contributed by atoms with Gasteiger partial charge in [-0.25, -0.2) is 9.97 Å². The van der Waals surface area contributed by atoms with Crippen molar-refractivity contribution in [1.29, 1.82) is 0 Å². The van der Waals surface area contributed by atoms with Gasteiger partial charge in [0.05, 0.1) is 0 Å². The van der Waals surface area contributed by atoms with Crippen LogP contribution in [0.5, 0.6) is 0 Å². The van der Waals surface area contributed by atoms with Gasteiger partial charge in [-0.15, -0.1) is 0 Å². The SMILES string of the molecule is Cc1ccc(Nc2cc(Nc3ccc(NC(=O)c4cc(-c5cccnc5)on4)cc3)nc(C)n2)cc1. The minimum Gasteiger partial charge on any atom is -0.355 e. The monoisotopic (exact) mass is 477 g/mol. The van der Waals surface area contributed by atoms with Crippen molar-refractivity contribution in [2.75, 3.05) is 16.0 Å². The lowest BCUT2D eigenvalue weighted by atomic mass is 10.2. The highest BCUT2D eigenvalue weighted by Gasteiger charge is 2.14. The van der Waals surface area contributed by atoms with E-state index in [9.17, 15) is 4.79 Å². The number of rotatable bonds is 7. The van der Waals surface area contributed by atoms with E-state index in [1.54, 1.807) is 36.7 Å². The number of carbonyl (C=O) groups is 1. The Bertz CT molecular complexity index is 1480. The molecule has 9 heteroatoms. The number of nitrogens with zero attached hydrogens (tertiary/aromatic N) is 4. The van der Waals surface area contributed by atoms with Crippen LogP contribution in [0, 0.1) is 13.8 Å². The maximum absolute atomic E-state index is 12.6. The molecule has 0 saturated carbocycles. The molecule has 0 unspecified atom stereocenters. The lowest BCUT2D eigenvalue weighted by Gasteiger charge is -2.11. The third kappa shape index (κ3) is 5.53. The Kier molecular flexibility index (Phi) is 6.35. The fraction of sp³-hybridized carbons (Fsp3) is 0.0741. The molecule has 2 aromatic carbocycles. The van der Waals surface area contributed by atoms with Gasteiger partial charge >= 0.3 is 0 Å². The fourth-order valence-electron chi connectivity index (χ4n) is 3.49. The molecular weight excluding hydrogens is 454 g/mol. The van der Waals surface area contributed by atoms with Gasteiger partial charge in [0, 0.05) is 47.2 Å². The summed E-state index contributed by atoms with van der Waals surface area (Å²) in [6, 6.07) is 22.4. The molecule has 0 fully saturated rings. The minimum atomic E-state index is -0.368. The summed E-state index contributed by atoms with van der Waals surface area (Å²) in [5.74, 6) is 2.09. The molecule has 0 atom stereocenters. The van der Waals surface area contributed by atoms with Crippen LogP contribution in [-0.2, 0) is 0 Å². The molecular formula is C27H23N7O2. The molecule has 0 aliphatic rings. The molecule has 1 amide bonds. The van der Waals surface area contributed by atoms with Crippen LogP contribution in [-0.4, -0.2) is 26.0 Å². The zero-order chi connectivity index (χ0) is 24.9. The highest BCUT2D eigenvalue weighted by molar-refractivity contribution is 6.03. The van der Waals surface area contributed by atoms with Crippen molar-refractivity contribution >= 4 is 34.6 Å². The highest BCUT2D eigenvalue weighted by Crippen LogP contribution is 2.23. The lowest BCUT2D eigenvalue weighted by Crippen LogP contribution is -2.12. The van der Waals surface area contributed by atoms with Crippen LogP contribution in [0.3, 0.4) is 0 Å². The van der Waals surface area contributed by atoms with Crippen molar-refractivity contribution in [1.82, 2.24) is 20.1 Å². The highest BCUT2D eigenvalue weighted by atomic mass is 16.5. The first kappa shape index (κ1) is 22.7. The number of benzene rings is 2. The van der Waals surface area contributed by atoms with Gasteiger partial charge in [-0.05, 0) is 62.4 Å². The normalized spacial score (nSPS) is 10.6. The second kappa shape index (κ2) is 10.1. The summed E-state index contributed by atoms with van der Waals surface area (Å²) in [5.41, 5.74) is 4.50. The molecule has 0 radical (unpaired) electrons. The van der Waals surface area contributed by atoms with Crippen LogP contribution < -0.4 is 16.0 Å². The largest absolute Gasteiger partial charge is 0.355 e. The molecule has 5 aromatic rings. The predicted molar refractivity (Wildman–Crippen MR) is 139 cm³/mol. The third-order valence-electron chi connectivity index (χ3n) is 5.27. The summed E-state index contributed by atoms with van der Waals surface area (Å²) in [5, 5.41) is 13.3. The van der Waals surface area contributed by atoms with Crippen molar-refractivity contribution < 1.29 is 9.32 Å². The Morgan fingerprint density at radius 3 is 2.08 bits per heavy atom. The number of pyridine rings is 1. The van der Waals surface area contributed by atoms with Crippen LogP contribution in [0.15, 0.2) is 89.7 Å². The summed E-state index contributed by atoms with van der Waals surface area (Å²) >= 11 is 0. The smallest absolute Gasteiger partial charge is 0.277 e. The fourth-order valence-corrected chi connectivity index (χ4v) is 3.49. The zero-order valence-electron chi connectivity index (χ0n) is 19.7. The molecule has 0 saturated heterocycles. The molecule has 0 aliphatic heterocycles. The van der Waals surface area contributed by atoms with E-state index in [-0.39, 0.29) is 11.6 Å². The van der Waals surface area contributed by atoms with E-state index in [0.717, 1.165) is 16.9 Å². The van der Waals surface area contributed by atoms with E-state index >= 15 is 0 Å². The third-order valence-corrected chi connectivity index (χ3v) is 5.27. The van der Waals surface area contributed by atoms with Crippen molar-refractivity contribution in [2.45, 2.75) is 13.8 Å². The van der Waals surface area contributed by atoms with Crippen LogP contribution in [0.1, 0.15) is 21.9 Å². The maximum atomic E-state index is 12.6. The number of anilines is 5. The first-order chi connectivity index (χ1) is 17.5. The van der Waals surface area contributed by atoms with Gasteiger partial charge in [-0.1, -0.05) is 22.9 Å². The summed E-state index contributed by atoms with van der Waals surface area (Å²) in [6.07, 6.45) is 3.31. The van der Waals surface area contributed by atoms with Crippen LogP contribution in [0.25, 0.3) is 11.3 Å². The molecule has 0 aliphatic carbocycles. The first-order valence-corrected chi connectivity index (χ1v) is 11.3. The van der Waals surface area contributed by atoms with Crippen molar-refractivity contribution in [3.8, 4) is 11.3 Å². The van der Waals surface area contributed by atoms with E-state index in [1.807, 2.05) is 62.4 Å². The summed E-state index contributed by atoms with van der Waals surface area (Å²) in [6.45, 7) is 3.89. The zero-order valence-corrected chi connectivity index (χ0v) is 19.7. The van der Waals surface area contributed by atoms with Crippen molar-refractivity contribution in [3.63, 3.8) is 0 Å². The topological polar surface area (TPSA) is 118 Å². The average molecular weight is 478 g/mol. The average Bonchev–Trinajstić information content (AvgIpc) is 3.38. The molecule has 0 bridgehead atoms. The molecule has 3 heterocycles. The van der Waals surface area contributed by atoms with Gasteiger partial charge in [0.15, 0.2) is 11.5 Å². The van der Waals surface area contributed by atoms with Gasteiger partial charge in [0.1, 0.15) is 17.5 Å². The Hall–Kier alpha value is -5.05. The van der Waals surface area contributed by atoms with E-state index in [1.165, 1.54) is 5.56 Å². The van der Waals surface area contributed by atoms with Gasteiger partial charge in [0.2, 0.25) is 0 Å². The van der Waals surface area contributed by atoms with E-state index < -0.39 is 0 Å².